The first kappa shape index (κ1) is 21.3. The van der Waals surface area contributed by atoms with Gasteiger partial charge < -0.3 is 15.4 Å². The highest BCUT2D eigenvalue weighted by molar-refractivity contribution is 7.15. The van der Waals surface area contributed by atoms with Gasteiger partial charge in [0.15, 0.2) is 0 Å². The van der Waals surface area contributed by atoms with Crippen molar-refractivity contribution in [2.75, 3.05) is 17.7 Å². The highest BCUT2D eigenvalue weighted by atomic mass is 32.1. The van der Waals surface area contributed by atoms with Crippen LogP contribution in [0.15, 0.2) is 90.3 Å². The highest BCUT2D eigenvalue weighted by Gasteiger charge is 2.22. The number of ether oxygens (including phenoxy) is 1. The van der Waals surface area contributed by atoms with Crippen molar-refractivity contribution in [1.82, 2.24) is 0 Å². The third kappa shape index (κ3) is 5.04. The first-order valence-corrected chi connectivity index (χ1v) is 11.0. The molecule has 32 heavy (non-hydrogen) atoms. The third-order valence-corrected chi connectivity index (χ3v) is 5.79. The van der Waals surface area contributed by atoms with Crippen molar-refractivity contribution < 1.29 is 14.3 Å². The molecule has 0 aliphatic rings. The van der Waals surface area contributed by atoms with E-state index in [1.54, 1.807) is 19.2 Å². The van der Waals surface area contributed by atoms with Gasteiger partial charge in [-0.1, -0.05) is 66.7 Å². The molecule has 1 heterocycles. The fraction of sp³-hybridized carbons (Fsp3) is 0.0769. The molecule has 0 bridgehead atoms. The topological polar surface area (TPSA) is 67.4 Å². The molecule has 0 fully saturated rings. The molecule has 2 amide bonds. The van der Waals surface area contributed by atoms with E-state index >= 15 is 0 Å². The molecule has 0 unspecified atom stereocenters. The summed E-state index contributed by atoms with van der Waals surface area (Å²) in [6.45, 7) is 0. The Hall–Kier alpha value is -3.90. The van der Waals surface area contributed by atoms with E-state index in [1.807, 2.05) is 78.2 Å². The zero-order valence-electron chi connectivity index (χ0n) is 17.5. The summed E-state index contributed by atoms with van der Waals surface area (Å²) in [5, 5.41) is 8.28. The quantitative estimate of drug-likeness (QED) is 0.377. The number of nitrogens with one attached hydrogen (secondary N) is 2. The molecule has 160 valence electrons. The van der Waals surface area contributed by atoms with Gasteiger partial charge >= 0.3 is 0 Å². The summed E-state index contributed by atoms with van der Waals surface area (Å²) in [6, 6.07) is 26.3. The summed E-state index contributed by atoms with van der Waals surface area (Å²) in [5.41, 5.74) is 3.63. The van der Waals surface area contributed by atoms with Crippen LogP contribution in [-0.4, -0.2) is 18.9 Å². The lowest BCUT2D eigenvalue weighted by Crippen LogP contribution is -2.18. The zero-order chi connectivity index (χ0) is 22.3. The summed E-state index contributed by atoms with van der Waals surface area (Å²) >= 11 is 1.34. The number of methoxy groups -OCH3 is 1. The number of thiophene rings is 1. The van der Waals surface area contributed by atoms with E-state index < -0.39 is 0 Å². The molecule has 0 aliphatic heterocycles. The van der Waals surface area contributed by atoms with Gasteiger partial charge in [0, 0.05) is 22.7 Å². The maximum Gasteiger partial charge on any atom is 0.259 e. The monoisotopic (exact) mass is 442 g/mol. The Kier molecular flexibility index (Phi) is 6.63. The van der Waals surface area contributed by atoms with Crippen molar-refractivity contribution >= 4 is 33.8 Å². The van der Waals surface area contributed by atoms with Crippen LogP contribution in [0, 0.1) is 0 Å². The molecule has 0 radical (unpaired) electrons. The molecule has 0 aliphatic carbocycles. The standard InChI is InChI=1S/C26H22N2O3S/c1-31-21-14-8-13-20(16-21)27-25(30)24-22(19-11-6-3-7-12-19)17-32-26(24)28-23(29)15-18-9-4-2-5-10-18/h2-14,16-17H,15H2,1H3,(H,27,30)(H,28,29). The zero-order valence-corrected chi connectivity index (χ0v) is 18.3. The first-order valence-electron chi connectivity index (χ1n) is 10.1. The molecule has 3 aromatic carbocycles. The van der Waals surface area contributed by atoms with Gasteiger partial charge in [0.05, 0.1) is 19.1 Å². The Morgan fingerprint density at radius 3 is 2.31 bits per heavy atom. The van der Waals surface area contributed by atoms with Crippen molar-refractivity contribution in [3.63, 3.8) is 0 Å². The van der Waals surface area contributed by atoms with Gasteiger partial charge in [0.25, 0.3) is 5.91 Å². The van der Waals surface area contributed by atoms with Crippen molar-refractivity contribution in [3.05, 3.63) is 101 Å². The lowest BCUT2D eigenvalue weighted by atomic mass is 10.0. The molecule has 4 aromatic rings. The summed E-state index contributed by atoms with van der Waals surface area (Å²) in [5.74, 6) is 0.175. The number of amides is 2. The molecule has 5 nitrogen and oxygen atoms in total. The minimum Gasteiger partial charge on any atom is -0.497 e. The predicted molar refractivity (Wildman–Crippen MR) is 129 cm³/mol. The van der Waals surface area contributed by atoms with E-state index in [2.05, 4.69) is 10.6 Å². The molecule has 0 saturated heterocycles. The minimum absolute atomic E-state index is 0.173. The van der Waals surface area contributed by atoms with Crippen molar-refractivity contribution in [2.24, 2.45) is 0 Å². The van der Waals surface area contributed by atoms with Crippen LogP contribution >= 0.6 is 11.3 Å². The lowest BCUT2D eigenvalue weighted by Gasteiger charge is -2.11. The van der Waals surface area contributed by atoms with E-state index in [4.69, 9.17) is 4.74 Å². The molecule has 4 rings (SSSR count). The van der Waals surface area contributed by atoms with Gasteiger partial charge in [-0.15, -0.1) is 11.3 Å². The normalized spacial score (nSPS) is 10.4. The van der Waals surface area contributed by atoms with Crippen LogP contribution in [-0.2, 0) is 11.2 Å². The lowest BCUT2D eigenvalue weighted by molar-refractivity contribution is -0.115. The maximum atomic E-state index is 13.3. The summed E-state index contributed by atoms with van der Waals surface area (Å²) in [6.07, 6.45) is 0.232. The molecule has 1 aromatic heterocycles. The molecule has 0 atom stereocenters. The summed E-state index contributed by atoms with van der Waals surface area (Å²) in [7, 11) is 1.58. The van der Waals surface area contributed by atoms with Crippen LogP contribution in [0.3, 0.4) is 0 Å². The number of anilines is 2. The Morgan fingerprint density at radius 2 is 1.59 bits per heavy atom. The van der Waals surface area contributed by atoms with Crippen LogP contribution in [0.25, 0.3) is 11.1 Å². The van der Waals surface area contributed by atoms with E-state index in [0.29, 0.717) is 22.0 Å². The smallest absolute Gasteiger partial charge is 0.259 e. The largest absolute Gasteiger partial charge is 0.497 e. The van der Waals surface area contributed by atoms with E-state index in [-0.39, 0.29) is 18.2 Å². The van der Waals surface area contributed by atoms with Gasteiger partial charge in [0.1, 0.15) is 10.8 Å². The molecule has 2 N–H and O–H groups in total. The third-order valence-electron chi connectivity index (χ3n) is 4.89. The number of carbonyl (C=O) groups is 2. The maximum absolute atomic E-state index is 13.3. The van der Waals surface area contributed by atoms with Crippen molar-refractivity contribution in [2.45, 2.75) is 6.42 Å². The molecular weight excluding hydrogens is 420 g/mol. The minimum atomic E-state index is -0.298. The fourth-order valence-electron chi connectivity index (χ4n) is 3.35. The van der Waals surface area contributed by atoms with Crippen LogP contribution in [0.5, 0.6) is 5.75 Å². The molecule has 6 heteroatoms. The second-order valence-corrected chi connectivity index (χ2v) is 8.00. The number of hydrogen-bond donors (Lipinski definition) is 2. The van der Waals surface area contributed by atoms with Gasteiger partial charge in [-0.3, -0.25) is 9.59 Å². The predicted octanol–water partition coefficient (Wildman–Crippen LogP) is 5.86. The van der Waals surface area contributed by atoms with Crippen LogP contribution in [0.4, 0.5) is 10.7 Å². The SMILES string of the molecule is COc1cccc(NC(=O)c2c(-c3ccccc3)csc2NC(=O)Cc2ccccc2)c1. The Morgan fingerprint density at radius 1 is 0.875 bits per heavy atom. The summed E-state index contributed by atoms with van der Waals surface area (Å²) in [4.78, 5) is 26.0. The van der Waals surface area contributed by atoms with Gasteiger partial charge in [-0.25, -0.2) is 0 Å². The fourth-order valence-corrected chi connectivity index (χ4v) is 4.33. The second kappa shape index (κ2) is 9.94. The Bertz CT molecular complexity index is 1220. The molecule has 0 spiro atoms. The van der Waals surface area contributed by atoms with Crippen LogP contribution in [0.2, 0.25) is 0 Å². The van der Waals surface area contributed by atoms with Crippen molar-refractivity contribution in [3.8, 4) is 16.9 Å². The average molecular weight is 443 g/mol. The van der Waals surface area contributed by atoms with Crippen LogP contribution in [0.1, 0.15) is 15.9 Å². The van der Waals surface area contributed by atoms with Gasteiger partial charge in [-0.2, -0.15) is 0 Å². The number of benzene rings is 3. The van der Waals surface area contributed by atoms with E-state index in [0.717, 1.165) is 16.7 Å². The summed E-state index contributed by atoms with van der Waals surface area (Å²) < 4.78 is 5.25. The average Bonchev–Trinajstić information content (AvgIpc) is 3.24. The first-order chi connectivity index (χ1) is 15.6. The van der Waals surface area contributed by atoms with E-state index in [9.17, 15) is 9.59 Å². The van der Waals surface area contributed by atoms with Crippen LogP contribution < -0.4 is 15.4 Å². The van der Waals surface area contributed by atoms with Gasteiger partial charge in [0.2, 0.25) is 5.91 Å². The van der Waals surface area contributed by atoms with Crippen molar-refractivity contribution in [1.29, 1.82) is 0 Å². The molecular formula is C26H22N2O3S. The number of hydrogen-bond acceptors (Lipinski definition) is 4. The Labute approximate surface area is 190 Å². The highest BCUT2D eigenvalue weighted by Crippen LogP contribution is 2.36. The number of carbonyl (C=O) groups excluding carboxylic acids is 2. The van der Waals surface area contributed by atoms with Gasteiger partial charge in [-0.05, 0) is 23.3 Å². The number of rotatable bonds is 7. The van der Waals surface area contributed by atoms with E-state index in [1.165, 1.54) is 11.3 Å². The second-order valence-electron chi connectivity index (χ2n) is 7.12. The molecule has 0 saturated carbocycles. The Balaban J connectivity index is 1.64.